The van der Waals surface area contributed by atoms with Gasteiger partial charge in [-0.2, -0.15) is 0 Å². The number of esters is 1. The smallest absolute Gasteiger partial charge is 0.341 e. The van der Waals surface area contributed by atoms with Crippen LogP contribution >= 0.6 is 11.3 Å². The number of carbonyl (C=O) groups excluding carboxylic acids is 3. The van der Waals surface area contributed by atoms with Gasteiger partial charge in [0, 0.05) is 44.0 Å². The third-order valence-electron chi connectivity index (χ3n) is 4.79. The molecule has 0 spiro atoms. The maximum absolute atomic E-state index is 12.6. The van der Waals surface area contributed by atoms with Crippen molar-refractivity contribution in [3.05, 3.63) is 41.3 Å². The van der Waals surface area contributed by atoms with E-state index in [-0.39, 0.29) is 25.0 Å². The van der Waals surface area contributed by atoms with Gasteiger partial charge < -0.3 is 15.0 Å². The monoisotopic (exact) mass is 415 g/mol. The summed E-state index contributed by atoms with van der Waals surface area (Å²) in [7, 11) is 0. The molecular weight excluding hydrogens is 390 g/mol. The Bertz CT molecular complexity index is 873. The minimum Gasteiger partial charge on any atom is -0.462 e. The van der Waals surface area contributed by atoms with E-state index < -0.39 is 5.97 Å². The van der Waals surface area contributed by atoms with Crippen molar-refractivity contribution in [3.8, 4) is 11.1 Å². The zero-order chi connectivity index (χ0) is 20.8. The summed E-state index contributed by atoms with van der Waals surface area (Å²) in [6, 6.07) is 9.56. The van der Waals surface area contributed by atoms with E-state index >= 15 is 0 Å². The van der Waals surface area contributed by atoms with E-state index in [1.807, 2.05) is 40.6 Å². The van der Waals surface area contributed by atoms with Crippen LogP contribution in [0.3, 0.4) is 0 Å². The fourth-order valence-corrected chi connectivity index (χ4v) is 4.25. The molecule has 7 nitrogen and oxygen atoms in total. The van der Waals surface area contributed by atoms with Crippen LogP contribution in [0, 0.1) is 0 Å². The minimum atomic E-state index is -0.446. The normalized spacial score (nSPS) is 14.5. The third kappa shape index (κ3) is 5.21. The van der Waals surface area contributed by atoms with Crippen LogP contribution in [-0.4, -0.2) is 66.9 Å². The Balaban J connectivity index is 1.72. The number of piperazine rings is 1. The number of hydrogen-bond acceptors (Lipinski definition) is 6. The predicted molar refractivity (Wildman–Crippen MR) is 113 cm³/mol. The van der Waals surface area contributed by atoms with Gasteiger partial charge in [0.1, 0.15) is 10.6 Å². The van der Waals surface area contributed by atoms with Crippen molar-refractivity contribution < 1.29 is 19.1 Å². The number of rotatable bonds is 6. The minimum absolute atomic E-state index is 0.0557. The number of carbonyl (C=O) groups is 3. The highest BCUT2D eigenvalue weighted by atomic mass is 32.1. The highest BCUT2D eigenvalue weighted by Crippen LogP contribution is 2.36. The zero-order valence-corrected chi connectivity index (χ0v) is 17.5. The Labute approximate surface area is 174 Å². The molecule has 29 heavy (non-hydrogen) atoms. The summed E-state index contributed by atoms with van der Waals surface area (Å²) >= 11 is 1.32. The van der Waals surface area contributed by atoms with E-state index in [1.54, 1.807) is 18.7 Å². The summed E-state index contributed by atoms with van der Waals surface area (Å²) in [5, 5.41) is 5.24. The number of anilines is 1. The predicted octanol–water partition coefficient (Wildman–Crippen LogP) is 2.69. The molecule has 8 heteroatoms. The fraction of sp³-hybridized carbons (Fsp3) is 0.381. The van der Waals surface area contributed by atoms with Gasteiger partial charge in [0.05, 0.1) is 13.2 Å². The number of nitrogens with one attached hydrogen (secondary N) is 1. The molecule has 0 bridgehead atoms. The lowest BCUT2D eigenvalue weighted by molar-refractivity contribution is -0.130. The largest absolute Gasteiger partial charge is 0.462 e. The first-order chi connectivity index (χ1) is 14.0. The second-order valence-corrected chi connectivity index (χ2v) is 7.65. The van der Waals surface area contributed by atoms with Gasteiger partial charge >= 0.3 is 5.97 Å². The van der Waals surface area contributed by atoms with E-state index in [0.717, 1.165) is 11.1 Å². The molecule has 0 saturated carbocycles. The SMILES string of the molecule is CCOC(=O)c1c(-c2ccccc2)csc1NC(=O)CN1CCN(C(C)=O)CC1. The van der Waals surface area contributed by atoms with E-state index in [9.17, 15) is 14.4 Å². The van der Waals surface area contributed by atoms with E-state index in [2.05, 4.69) is 5.32 Å². The molecule has 2 heterocycles. The Hall–Kier alpha value is -2.71. The van der Waals surface area contributed by atoms with Crippen LogP contribution in [0.2, 0.25) is 0 Å². The Morgan fingerprint density at radius 2 is 1.79 bits per heavy atom. The zero-order valence-electron chi connectivity index (χ0n) is 16.6. The van der Waals surface area contributed by atoms with E-state index in [0.29, 0.717) is 36.7 Å². The number of benzene rings is 1. The molecule has 0 atom stereocenters. The second-order valence-electron chi connectivity index (χ2n) is 6.77. The number of thiophene rings is 1. The molecule has 1 aliphatic heterocycles. The first-order valence-electron chi connectivity index (χ1n) is 9.61. The van der Waals surface area contributed by atoms with Gasteiger partial charge in [-0.15, -0.1) is 11.3 Å². The van der Waals surface area contributed by atoms with Crippen LogP contribution in [0.25, 0.3) is 11.1 Å². The first-order valence-corrected chi connectivity index (χ1v) is 10.5. The quantitative estimate of drug-likeness (QED) is 0.734. The van der Waals surface area contributed by atoms with Crippen LogP contribution in [0.5, 0.6) is 0 Å². The summed E-state index contributed by atoms with van der Waals surface area (Å²) in [5.74, 6) is -0.577. The molecule has 0 aliphatic carbocycles. The van der Waals surface area contributed by atoms with Crippen molar-refractivity contribution >= 4 is 34.1 Å². The first kappa shape index (κ1) is 21.0. The summed E-state index contributed by atoms with van der Waals surface area (Å²) in [6.07, 6.45) is 0. The summed E-state index contributed by atoms with van der Waals surface area (Å²) in [4.78, 5) is 40.4. The number of nitrogens with zero attached hydrogens (tertiary/aromatic N) is 2. The van der Waals surface area contributed by atoms with Crippen molar-refractivity contribution in [3.63, 3.8) is 0 Å². The molecule has 1 aromatic carbocycles. The lowest BCUT2D eigenvalue weighted by Crippen LogP contribution is -2.49. The number of hydrogen-bond donors (Lipinski definition) is 1. The lowest BCUT2D eigenvalue weighted by atomic mass is 10.0. The van der Waals surface area contributed by atoms with Gasteiger partial charge in [0.2, 0.25) is 11.8 Å². The fourth-order valence-electron chi connectivity index (χ4n) is 3.28. The van der Waals surface area contributed by atoms with Crippen molar-refractivity contribution in [2.45, 2.75) is 13.8 Å². The van der Waals surface area contributed by atoms with Gasteiger partial charge in [-0.25, -0.2) is 4.79 Å². The summed E-state index contributed by atoms with van der Waals surface area (Å²) in [6.45, 7) is 6.33. The molecule has 0 unspecified atom stereocenters. The second kappa shape index (κ2) is 9.67. The van der Waals surface area contributed by atoms with Crippen molar-refractivity contribution in [1.29, 1.82) is 0 Å². The van der Waals surface area contributed by atoms with Gasteiger partial charge in [-0.3, -0.25) is 14.5 Å². The third-order valence-corrected chi connectivity index (χ3v) is 5.69. The molecule has 2 amide bonds. The average Bonchev–Trinajstić information content (AvgIpc) is 3.12. The molecule has 1 aliphatic rings. The van der Waals surface area contributed by atoms with E-state index in [4.69, 9.17) is 4.74 Å². The maximum atomic E-state index is 12.6. The topological polar surface area (TPSA) is 79.0 Å². The Kier molecular flexibility index (Phi) is 7.00. The van der Waals surface area contributed by atoms with Gasteiger partial charge in [0.25, 0.3) is 0 Å². The van der Waals surface area contributed by atoms with Crippen molar-refractivity contribution in [2.75, 3.05) is 44.6 Å². The molecule has 2 aromatic rings. The van der Waals surface area contributed by atoms with Crippen LogP contribution in [0.15, 0.2) is 35.7 Å². The van der Waals surface area contributed by atoms with Crippen LogP contribution in [0.1, 0.15) is 24.2 Å². The molecule has 1 aromatic heterocycles. The summed E-state index contributed by atoms with van der Waals surface area (Å²) < 4.78 is 5.22. The maximum Gasteiger partial charge on any atom is 0.341 e. The van der Waals surface area contributed by atoms with E-state index in [1.165, 1.54) is 11.3 Å². The molecule has 1 fully saturated rings. The molecular formula is C21H25N3O4S. The van der Waals surface area contributed by atoms with Crippen LogP contribution in [-0.2, 0) is 14.3 Å². The molecule has 1 saturated heterocycles. The molecule has 0 radical (unpaired) electrons. The van der Waals surface area contributed by atoms with Crippen LogP contribution in [0.4, 0.5) is 5.00 Å². The van der Waals surface area contributed by atoms with Gasteiger partial charge in [0.15, 0.2) is 0 Å². The number of amides is 2. The Morgan fingerprint density at radius 3 is 2.41 bits per heavy atom. The van der Waals surface area contributed by atoms with Gasteiger partial charge in [-0.1, -0.05) is 30.3 Å². The molecule has 1 N–H and O–H groups in total. The van der Waals surface area contributed by atoms with Crippen molar-refractivity contribution in [2.24, 2.45) is 0 Å². The average molecular weight is 416 g/mol. The standard InChI is InChI=1S/C21H25N3O4S/c1-3-28-21(27)19-17(16-7-5-4-6-8-16)14-29-20(19)22-18(26)13-23-9-11-24(12-10-23)15(2)25/h4-8,14H,3,9-13H2,1-2H3,(H,22,26). The summed E-state index contributed by atoms with van der Waals surface area (Å²) in [5.41, 5.74) is 2.03. The molecule has 154 valence electrons. The highest BCUT2D eigenvalue weighted by Gasteiger charge is 2.24. The van der Waals surface area contributed by atoms with Crippen LogP contribution < -0.4 is 5.32 Å². The van der Waals surface area contributed by atoms with Gasteiger partial charge in [-0.05, 0) is 12.5 Å². The molecule has 3 rings (SSSR count). The highest BCUT2D eigenvalue weighted by molar-refractivity contribution is 7.15. The Morgan fingerprint density at radius 1 is 1.10 bits per heavy atom. The lowest BCUT2D eigenvalue weighted by Gasteiger charge is -2.33. The number of ether oxygens (including phenoxy) is 1. The van der Waals surface area contributed by atoms with Crippen molar-refractivity contribution in [1.82, 2.24) is 9.80 Å².